The van der Waals surface area contributed by atoms with Crippen LogP contribution in [-0.4, -0.2) is 34.6 Å². The summed E-state index contributed by atoms with van der Waals surface area (Å²) in [4.78, 5) is 28.3. The Morgan fingerprint density at radius 1 is 1.07 bits per heavy atom. The number of hydrogen-bond donors (Lipinski definition) is 1. The quantitative estimate of drug-likeness (QED) is 0.516. The zero-order chi connectivity index (χ0) is 21.4. The molecule has 0 unspecified atom stereocenters. The standard InChI is InChI=1S/C22H26Cl2N2O2S/c1-4-15(2)25-22(28)16(3)26(13-17-6-5-7-19(24)12-17)21(27)14-29-20-10-8-18(23)9-11-20/h5-12,15-16H,4,13-14H2,1-3H3,(H,25,28)/t15-,16-/m1/s1. The van der Waals surface area contributed by atoms with Gasteiger partial charge in [0.1, 0.15) is 6.04 Å². The molecule has 0 aliphatic heterocycles. The van der Waals surface area contributed by atoms with Crippen molar-refractivity contribution < 1.29 is 9.59 Å². The number of thioether (sulfide) groups is 1. The first kappa shape index (κ1) is 23.6. The van der Waals surface area contributed by atoms with Crippen molar-refractivity contribution in [2.75, 3.05) is 5.75 Å². The molecular weight excluding hydrogens is 427 g/mol. The van der Waals surface area contributed by atoms with Gasteiger partial charge in [-0.3, -0.25) is 9.59 Å². The normalized spacial score (nSPS) is 12.9. The maximum absolute atomic E-state index is 13.0. The predicted octanol–water partition coefficient (Wildman–Crippen LogP) is 5.42. The van der Waals surface area contributed by atoms with Crippen molar-refractivity contribution in [3.8, 4) is 0 Å². The van der Waals surface area contributed by atoms with Gasteiger partial charge in [0.05, 0.1) is 5.75 Å². The van der Waals surface area contributed by atoms with E-state index < -0.39 is 6.04 Å². The number of halogens is 2. The van der Waals surface area contributed by atoms with E-state index in [9.17, 15) is 9.59 Å². The van der Waals surface area contributed by atoms with Crippen molar-refractivity contribution in [1.29, 1.82) is 0 Å². The van der Waals surface area contributed by atoms with Crippen LogP contribution in [0.15, 0.2) is 53.4 Å². The molecule has 4 nitrogen and oxygen atoms in total. The van der Waals surface area contributed by atoms with E-state index in [1.807, 2.05) is 44.2 Å². The SMILES string of the molecule is CC[C@@H](C)NC(=O)[C@@H](C)N(Cc1cccc(Cl)c1)C(=O)CSc1ccc(Cl)cc1. The molecule has 7 heteroatoms. The van der Waals surface area contributed by atoms with Crippen LogP contribution in [0.25, 0.3) is 0 Å². The molecule has 1 N–H and O–H groups in total. The van der Waals surface area contributed by atoms with Gasteiger partial charge < -0.3 is 10.2 Å². The first-order valence-corrected chi connectivity index (χ1v) is 11.3. The van der Waals surface area contributed by atoms with Gasteiger partial charge in [0, 0.05) is 27.5 Å². The molecule has 0 aliphatic carbocycles. The molecule has 0 fully saturated rings. The number of hydrogen-bond acceptors (Lipinski definition) is 3. The van der Waals surface area contributed by atoms with E-state index in [1.54, 1.807) is 30.0 Å². The molecule has 0 aliphatic rings. The second-order valence-corrected chi connectivity index (χ2v) is 8.81. The second kappa shape index (κ2) is 11.5. The van der Waals surface area contributed by atoms with Crippen LogP contribution in [-0.2, 0) is 16.1 Å². The van der Waals surface area contributed by atoms with Gasteiger partial charge in [-0.25, -0.2) is 0 Å². The fourth-order valence-corrected chi connectivity index (χ4v) is 3.76. The lowest BCUT2D eigenvalue weighted by atomic mass is 10.1. The minimum atomic E-state index is -0.596. The lowest BCUT2D eigenvalue weighted by molar-refractivity contribution is -0.138. The van der Waals surface area contributed by atoms with Gasteiger partial charge in [0.25, 0.3) is 0 Å². The molecule has 0 spiro atoms. The molecule has 0 heterocycles. The van der Waals surface area contributed by atoms with Crippen molar-refractivity contribution in [2.45, 2.75) is 50.7 Å². The van der Waals surface area contributed by atoms with Gasteiger partial charge in [-0.1, -0.05) is 42.3 Å². The molecule has 2 aromatic rings. The number of nitrogens with zero attached hydrogens (tertiary/aromatic N) is 1. The lowest BCUT2D eigenvalue weighted by Crippen LogP contribution is -2.50. The van der Waals surface area contributed by atoms with Gasteiger partial charge in [-0.05, 0) is 62.2 Å². The Morgan fingerprint density at radius 3 is 2.38 bits per heavy atom. The number of carbonyl (C=O) groups is 2. The third-order valence-corrected chi connectivity index (χ3v) is 6.07. The van der Waals surface area contributed by atoms with E-state index in [1.165, 1.54) is 11.8 Å². The molecule has 0 bridgehead atoms. The first-order valence-electron chi connectivity index (χ1n) is 9.52. The predicted molar refractivity (Wildman–Crippen MR) is 122 cm³/mol. The molecular formula is C22H26Cl2N2O2S. The van der Waals surface area contributed by atoms with Crippen molar-refractivity contribution >= 4 is 46.8 Å². The average Bonchev–Trinajstić information content (AvgIpc) is 2.70. The minimum Gasteiger partial charge on any atom is -0.352 e. The monoisotopic (exact) mass is 452 g/mol. The Balaban J connectivity index is 2.14. The molecule has 29 heavy (non-hydrogen) atoms. The van der Waals surface area contributed by atoms with Gasteiger partial charge in [0.2, 0.25) is 11.8 Å². The Hall–Kier alpha value is -1.69. The van der Waals surface area contributed by atoms with E-state index >= 15 is 0 Å². The fourth-order valence-electron chi connectivity index (χ4n) is 2.64. The summed E-state index contributed by atoms with van der Waals surface area (Å²) in [5.74, 6) is -0.0497. The summed E-state index contributed by atoms with van der Waals surface area (Å²) in [6.07, 6.45) is 0.827. The highest BCUT2D eigenvalue weighted by Crippen LogP contribution is 2.22. The zero-order valence-corrected chi connectivity index (χ0v) is 19.2. The highest BCUT2D eigenvalue weighted by Gasteiger charge is 2.26. The lowest BCUT2D eigenvalue weighted by Gasteiger charge is -2.29. The maximum Gasteiger partial charge on any atom is 0.242 e. The largest absolute Gasteiger partial charge is 0.352 e. The summed E-state index contributed by atoms with van der Waals surface area (Å²) in [5.41, 5.74) is 0.880. The van der Waals surface area contributed by atoms with E-state index in [4.69, 9.17) is 23.2 Å². The van der Waals surface area contributed by atoms with E-state index in [2.05, 4.69) is 5.32 Å². The van der Waals surface area contributed by atoms with E-state index in [0.717, 1.165) is 16.9 Å². The van der Waals surface area contributed by atoms with Gasteiger partial charge in [-0.2, -0.15) is 0 Å². The zero-order valence-electron chi connectivity index (χ0n) is 16.8. The van der Waals surface area contributed by atoms with Crippen LogP contribution >= 0.6 is 35.0 Å². The summed E-state index contributed by atoms with van der Waals surface area (Å²) in [6.45, 7) is 6.03. The van der Waals surface area contributed by atoms with E-state index in [0.29, 0.717) is 16.6 Å². The number of amides is 2. The first-order chi connectivity index (χ1) is 13.8. The third-order valence-electron chi connectivity index (χ3n) is 4.59. The molecule has 0 saturated heterocycles. The Labute approximate surface area is 187 Å². The molecule has 2 rings (SSSR count). The number of benzene rings is 2. The molecule has 0 radical (unpaired) electrons. The van der Waals surface area contributed by atoms with Crippen LogP contribution < -0.4 is 5.32 Å². The number of rotatable bonds is 9. The van der Waals surface area contributed by atoms with Crippen LogP contribution in [0.5, 0.6) is 0 Å². The van der Waals surface area contributed by atoms with Crippen molar-refractivity contribution in [3.05, 3.63) is 64.1 Å². The summed E-state index contributed by atoms with van der Waals surface area (Å²) in [6, 6.07) is 14.1. The average molecular weight is 453 g/mol. The van der Waals surface area contributed by atoms with Crippen LogP contribution in [0.2, 0.25) is 10.0 Å². The fraction of sp³-hybridized carbons (Fsp3) is 0.364. The molecule has 0 saturated carbocycles. The van der Waals surface area contributed by atoms with Crippen LogP contribution in [0.1, 0.15) is 32.8 Å². The van der Waals surface area contributed by atoms with Crippen LogP contribution in [0, 0.1) is 0 Å². The van der Waals surface area contributed by atoms with Crippen LogP contribution in [0.4, 0.5) is 0 Å². The van der Waals surface area contributed by atoms with Crippen molar-refractivity contribution in [2.24, 2.45) is 0 Å². The van der Waals surface area contributed by atoms with Crippen molar-refractivity contribution in [3.63, 3.8) is 0 Å². The van der Waals surface area contributed by atoms with Crippen LogP contribution in [0.3, 0.4) is 0 Å². The Kier molecular flexibility index (Phi) is 9.34. The minimum absolute atomic E-state index is 0.0523. The highest BCUT2D eigenvalue weighted by molar-refractivity contribution is 8.00. The van der Waals surface area contributed by atoms with Crippen molar-refractivity contribution in [1.82, 2.24) is 10.2 Å². The highest BCUT2D eigenvalue weighted by atomic mass is 35.5. The summed E-state index contributed by atoms with van der Waals surface area (Å²) in [5, 5.41) is 4.21. The summed E-state index contributed by atoms with van der Waals surface area (Å²) in [7, 11) is 0. The molecule has 2 atom stereocenters. The molecule has 156 valence electrons. The number of carbonyl (C=O) groups excluding carboxylic acids is 2. The molecule has 0 aromatic heterocycles. The summed E-state index contributed by atoms with van der Waals surface area (Å²) < 4.78 is 0. The van der Waals surface area contributed by atoms with Gasteiger partial charge in [-0.15, -0.1) is 11.8 Å². The smallest absolute Gasteiger partial charge is 0.242 e. The number of nitrogens with one attached hydrogen (secondary N) is 1. The molecule has 2 aromatic carbocycles. The molecule has 2 amide bonds. The topological polar surface area (TPSA) is 49.4 Å². The van der Waals surface area contributed by atoms with Gasteiger partial charge >= 0.3 is 0 Å². The Morgan fingerprint density at radius 2 is 1.76 bits per heavy atom. The van der Waals surface area contributed by atoms with Gasteiger partial charge in [0.15, 0.2) is 0 Å². The summed E-state index contributed by atoms with van der Waals surface area (Å²) >= 11 is 13.4. The Bertz CT molecular complexity index is 830. The second-order valence-electron chi connectivity index (χ2n) is 6.89. The third kappa shape index (κ3) is 7.57. The maximum atomic E-state index is 13.0. The van der Waals surface area contributed by atoms with E-state index in [-0.39, 0.29) is 23.6 Å².